The molecule has 3 N–H and O–H groups in total. The maximum absolute atomic E-state index is 13.1. The van der Waals surface area contributed by atoms with Crippen LogP contribution in [0.5, 0.6) is 0 Å². The quantitative estimate of drug-likeness (QED) is 0.815. The standard InChI is InChI=1S/C14H11BrF2N2O/c1-7-4-9(15)6-12(18)13(7)19-14(20)8-2-3-10(16)11(17)5-8/h2-6H,18H2,1H3,(H,19,20). The highest BCUT2D eigenvalue weighted by molar-refractivity contribution is 9.10. The number of amides is 1. The zero-order valence-corrected chi connectivity index (χ0v) is 12.1. The van der Waals surface area contributed by atoms with Gasteiger partial charge in [-0.2, -0.15) is 0 Å². The van der Waals surface area contributed by atoms with Crippen LogP contribution in [0.15, 0.2) is 34.8 Å². The summed E-state index contributed by atoms with van der Waals surface area (Å²) in [6, 6.07) is 6.39. The Morgan fingerprint density at radius 1 is 1.20 bits per heavy atom. The number of halogens is 3. The lowest BCUT2D eigenvalue weighted by molar-refractivity contribution is 0.102. The highest BCUT2D eigenvalue weighted by Gasteiger charge is 2.13. The smallest absolute Gasteiger partial charge is 0.255 e. The molecule has 0 spiro atoms. The number of aryl methyl sites for hydroxylation is 1. The summed E-state index contributed by atoms with van der Waals surface area (Å²) < 4.78 is 26.7. The van der Waals surface area contributed by atoms with Gasteiger partial charge in [0, 0.05) is 10.0 Å². The Labute approximate surface area is 122 Å². The van der Waals surface area contributed by atoms with Gasteiger partial charge in [-0.1, -0.05) is 15.9 Å². The van der Waals surface area contributed by atoms with Gasteiger partial charge in [0.25, 0.3) is 5.91 Å². The van der Waals surface area contributed by atoms with Gasteiger partial charge in [-0.3, -0.25) is 4.79 Å². The van der Waals surface area contributed by atoms with E-state index in [2.05, 4.69) is 21.2 Å². The van der Waals surface area contributed by atoms with Gasteiger partial charge in [-0.05, 0) is 42.8 Å². The van der Waals surface area contributed by atoms with Crippen molar-refractivity contribution in [3.05, 3.63) is 57.6 Å². The van der Waals surface area contributed by atoms with Crippen molar-refractivity contribution in [3.63, 3.8) is 0 Å². The molecule has 3 nitrogen and oxygen atoms in total. The first-order valence-corrected chi connectivity index (χ1v) is 6.50. The van der Waals surface area contributed by atoms with Gasteiger partial charge in [0.05, 0.1) is 11.4 Å². The van der Waals surface area contributed by atoms with E-state index in [0.29, 0.717) is 11.4 Å². The minimum absolute atomic E-state index is 0.0191. The fourth-order valence-corrected chi connectivity index (χ4v) is 2.35. The zero-order chi connectivity index (χ0) is 14.9. The second kappa shape index (κ2) is 5.58. The molecule has 6 heteroatoms. The third-order valence-corrected chi connectivity index (χ3v) is 3.21. The van der Waals surface area contributed by atoms with E-state index in [1.807, 2.05) is 0 Å². The van der Waals surface area contributed by atoms with Crippen molar-refractivity contribution in [1.29, 1.82) is 0 Å². The molecule has 20 heavy (non-hydrogen) atoms. The first-order valence-electron chi connectivity index (χ1n) is 5.70. The number of anilines is 2. The summed E-state index contributed by atoms with van der Waals surface area (Å²) in [5.74, 6) is -2.62. The van der Waals surface area contributed by atoms with Crippen LogP contribution in [-0.4, -0.2) is 5.91 Å². The topological polar surface area (TPSA) is 55.1 Å². The second-order valence-electron chi connectivity index (χ2n) is 4.27. The average Bonchev–Trinajstić information content (AvgIpc) is 2.36. The predicted molar refractivity (Wildman–Crippen MR) is 77.6 cm³/mol. The van der Waals surface area contributed by atoms with Crippen LogP contribution >= 0.6 is 15.9 Å². The third-order valence-electron chi connectivity index (χ3n) is 2.75. The minimum Gasteiger partial charge on any atom is -0.397 e. The van der Waals surface area contributed by atoms with Crippen molar-refractivity contribution < 1.29 is 13.6 Å². The van der Waals surface area contributed by atoms with Crippen molar-refractivity contribution >= 4 is 33.2 Å². The Morgan fingerprint density at radius 3 is 2.50 bits per heavy atom. The molecule has 2 aromatic rings. The van der Waals surface area contributed by atoms with E-state index in [1.54, 1.807) is 19.1 Å². The Kier molecular flexibility index (Phi) is 4.04. The van der Waals surface area contributed by atoms with Crippen molar-refractivity contribution in [2.45, 2.75) is 6.92 Å². The summed E-state index contributed by atoms with van der Waals surface area (Å²) >= 11 is 3.29. The summed E-state index contributed by atoms with van der Waals surface area (Å²) in [4.78, 5) is 12.0. The van der Waals surface area contributed by atoms with Gasteiger partial charge in [0.15, 0.2) is 11.6 Å². The van der Waals surface area contributed by atoms with Crippen LogP contribution in [0.1, 0.15) is 15.9 Å². The molecular weight excluding hydrogens is 330 g/mol. The lowest BCUT2D eigenvalue weighted by Gasteiger charge is -2.12. The molecule has 0 aliphatic heterocycles. The summed E-state index contributed by atoms with van der Waals surface area (Å²) in [5, 5.41) is 2.59. The minimum atomic E-state index is -1.07. The SMILES string of the molecule is Cc1cc(Br)cc(N)c1NC(=O)c1ccc(F)c(F)c1. The van der Waals surface area contributed by atoms with Crippen LogP contribution in [0, 0.1) is 18.6 Å². The number of hydrogen-bond donors (Lipinski definition) is 2. The molecule has 0 radical (unpaired) electrons. The summed E-state index contributed by atoms with van der Waals surface area (Å²) in [6.07, 6.45) is 0. The van der Waals surface area contributed by atoms with E-state index in [9.17, 15) is 13.6 Å². The molecule has 0 saturated carbocycles. The maximum Gasteiger partial charge on any atom is 0.255 e. The number of nitrogens with two attached hydrogens (primary N) is 1. The van der Waals surface area contributed by atoms with Crippen LogP contribution in [0.25, 0.3) is 0 Å². The van der Waals surface area contributed by atoms with Gasteiger partial charge in [-0.15, -0.1) is 0 Å². The first kappa shape index (κ1) is 14.5. The molecule has 0 saturated heterocycles. The number of carbonyl (C=O) groups excluding carboxylic acids is 1. The van der Waals surface area contributed by atoms with E-state index in [1.165, 1.54) is 6.07 Å². The number of benzene rings is 2. The number of hydrogen-bond acceptors (Lipinski definition) is 2. The molecule has 104 valence electrons. The Morgan fingerprint density at radius 2 is 1.90 bits per heavy atom. The molecule has 0 aliphatic carbocycles. The molecule has 0 aromatic heterocycles. The second-order valence-corrected chi connectivity index (χ2v) is 5.19. The van der Waals surface area contributed by atoms with Crippen LogP contribution in [0.4, 0.5) is 20.2 Å². The van der Waals surface area contributed by atoms with Crippen LogP contribution in [0.3, 0.4) is 0 Å². The molecule has 0 aliphatic rings. The Bertz CT molecular complexity index is 666. The molecule has 0 atom stereocenters. The van der Waals surface area contributed by atoms with Gasteiger partial charge in [0.1, 0.15) is 0 Å². The van der Waals surface area contributed by atoms with Crippen LogP contribution in [0.2, 0.25) is 0 Å². The average molecular weight is 341 g/mol. The fraction of sp³-hybridized carbons (Fsp3) is 0.0714. The Hall–Kier alpha value is -1.95. The lowest BCUT2D eigenvalue weighted by Crippen LogP contribution is -2.14. The van der Waals surface area contributed by atoms with E-state index < -0.39 is 17.5 Å². The number of carbonyl (C=O) groups is 1. The van der Waals surface area contributed by atoms with Crippen molar-refractivity contribution in [2.24, 2.45) is 0 Å². The molecule has 2 aromatic carbocycles. The predicted octanol–water partition coefficient (Wildman–Crippen LogP) is 3.87. The van der Waals surface area contributed by atoms with E-state index >= 15 is 0 Å². The largest absolute Gasteiger partial charge is 0.397 e. The molecule has 1 amide bonds. The van der Waals surface area contributed by atoms with Gasteiger partial charge >= 0.3 is 0 Å². The summed E-state index contributed by atoms with van der Waals surface area (Å²) in [5.41, 5.74) is 7.43. The summed E-state index contributed by atoms with van der Waals surface area (Å²) in [6.45, 7) is 1.78. The van der Waals surface area contributed by atoms with Gasteiger partial charge in [-0.25, -0.2) is 8.78 Å². The number of nitrogen functional groups attached to an aromatic ring is 1. The van der Waals surface area contributed by atoms with Gasteiger partial charge < -0.3 is 11.1 Å². The normalized spacial score (nSPS) is 10.4. The van der Waals surface area contributed by atoms with E-state index in [0.717, 1.165) is 22.2 Å². The maximum atomic E-state index is 13.1. The number of nitrogens with one attached hydrogen (secondary N) is 1. The van der Waals surface area contributed by atoms with Gasteiger partial charge in [0.2, 0.25) is 0 Å². The van der Waals surface area contributed by atoms with Crippen LogP contribution < -0.4 is 11.1 Å². The fourth-order valence-electron chi connectivity index (χ4n) is 1.76. The molecule has 2 rings (SSSR count). The number of rotatable bonds is 2. The highest BCUT2D eigenvalue weighted by atomic mass is 79.9. The monoisotopic (exact) mass is 340 g/mol. The first-order chi connectivity index (χ1) is 9.38. The molecule has 0 unspecified atom stereocenters. The molecule has 0 heterocycles. The van der Waals surface area contributed by atoms with Crippen molar-refractivity contribution in [3.8, 4) is 0 Å². The van der Waals surface area contributed by atoms with Crippen molar-refractivity contribution in [2.75, 3.05) is 11.1 Å². The van der Waals surface area contributed by atoms with Crippen molar-refractivity contribution in [1.82, 2.24) is 0 Å². The lowest BCUT2D eigenvalue weighted by atomic mass is 10.1. The van der Waals surface area contributed by atoms with E-state index in [-0.39, 0.29) is 5.56 Å². The molecular formula is C14H11BrF2N2O. The van der Waals surface area contributed by atoms with E-state index in [4.69, 9.17) is 5.73 Å². The van der Waals surface area contributed by atoms with Crippen LogP contribution in [-0.2, 0) is 0 Å². The molecule has 0 bridgehead atoms. The summed E-state index contributed by atoms with van der Waals surface area (Å²) in [7, 11) is 0. The third kappa shape index (κ3) is 2.96. The molecule has 0 fully saturated rings. The Balaban J connectivity index is 2.30. The highest BCUT2D eigenvalue weighted by Crippen LogP contribution is 2.28. The zero-order valence-electron chi connectivity index (χ0n) is 10.5.